The first-order chi connectivity index (χ1) is 22.1. The van der Waals surface area contributed by atoms with Crippen molar-refractivity contribution in [3.8, 4) is 16.8 Å². The second-order valence-electron chi connectivity index (χ2n) is 12.6. The first-order valence-electron chi connectivity index (χ1n) is 15.7. The van der Waals surface area contributed by atoms with Crippen LogP contribution in [0.3, 0.4) is 0 Å². The van der Waals surface area contributed by atoms with Crippen LogP contribution >= 0.6 is 0 Å². The lowest BCUT2D eigenvalue weighted by atomic mass is 9.82. The predicted octanol–water partition coefficient (Wildman–Crippen LogP) is 11.7. The summed E-state index contributed by atoms with van der Waals surface area (Å²) in [5.74, 6) is 0. The van der Waals surface area contributed by atoms with Gasteiger partial charge in [0.1, 0.15) is 0 Å². The Morgan fingerprint density at radius 1 is 0.467 bits per heavy atom. The highest BCUT2D eigenvalue weighted by Crippen LogP contribution is 2.51. The topological polar surface area (TPSA) is 8.17 Å². The molecule has 0 amide bonds. The van der Waals surface area contributed by atoms with Gasteiger partial charge in [-0.2, -0.15) is 0 Å². The van der Waals surface area contributed by atoms with Gasteiger partial charge >= 0.3 is 0 Å². The zero-order chi connectivity index (χ0) is 30.1. The van der Waals surface area contributed by atoms with Crippen LogP contribution in [0.15, 0.2) is 158 Å². The highest BCUT2D eigenvalue weighted by atomic mass is 15.1. The van der Waals surface area contributed by atoms with Crippen LogP contribution in [0.2, 0.25) is 0 Å². The van der Waals surface area contributed by atoms with Crippen molar-refractivity contribution in [1.29, 1.82) is 0 Å². The van der Waals surface area contributed by atoms with Gasteiger partial charge in [0.25, 0.3) is 0 Å². The predicted molar refractivity (Wildman–Crippen MR) is 191 cm³/mol. The molecule has 7 aromatic carbocycles. The molecule has 1 aliphatic carbocycles. The fourth-order valence-corrected chi connectivity index (χ4v) is 7.63. The summed E-state index contributed by atoms with van der Waals surface area (Å²) in [4.78, 5) is 2.45. The number of fused-ring (bicyclic) bond motifs is 7. The Balaban J connectivity index is 1.34. The minimum Gasteiger partial charge on any atom is -0.310 e. The van der Waals surface area contributed by atoms with Crippen molar-refractivity contribution in [2.75, 3.05) is 4.90 Å². The molecule has 0 atom stereocenters. The molecule has 0 fully saturated rings. The summed E-state index contributed by atoms with van der Waals surface area (Å²) >= 11 is 0. The van der Waals surface area contributed by atoms with Crippen molar-refractivity contribution < 1.29 is 0 Å². The number of para-hydroxylation sites is 2. The van der Waals surface area contributed by atoms with E-state index >= 15 is 0 Å². The molecule has 0 spiro atoms. The minimum atomic E-state index is -0.0374. The smallest absolute Gasteiger partial charge is 0.0561 e. The van der Waals surface area contributed by atoms with Crippen LogP contribution in [0.4, 0.5) is 17.1 Å². The van der Waals surface area contributed by atoms with Crippen LogP contribution in [0, 0.1) is 0 Å². The highest BCUT2D eigenvalue weighted by Gasteiger charge is 2.35. The summed E-state index contributed by atoms with van der Waals surface area (Å²) in [5.41, 5.74) is 12.4. The molecular weight excluding hydrogens is 544 g/mol. The minimum absolute atomic E-state index is 0.0374. The number of aromatic nitrogens is 1. The Hall–Kier alpha value is -5.60. The van der Waals surface area contributed by atoms with Crippen molar-refractivity contribution in [2.45, 2.75) is 19.3 Å². The number of rotatable bonds is 4. The zero-order valence-corrected chi connectivity index (χ0v) is 25.4. The van der Waals surface area contributed by atoms with Gasteiger partial charge < -0.3 is 9.47 Å². The van der Waals surface area contributed by atoms with Gasteiger partial charge in [-0.25, -0.2) is 0 Å². The molecule has 0 aliphatic heterocycles. The Morgan fingerprint density at radius 2 is 1.11 bits per heavy atom. The lowest BCUT2D eigenvalue weighted by Gasteiger charge is -2.28. The third-order valence-corrected chi connectivity index (χ3v) is 9.76. The maximum absolute atomic E-state index is 2.45. The van der Waals surface area contributed by atoms with Crippen LogP contribution in [0.5, 0.6) is 0 Å². The average Bonchev–Trinajstić information content (AvgIpc) is 3.54. The Kier molecular flexibility index (Phi) is 5.58. The van der Waals surface area contributed by atoms with Gasteiger partial charge in [-0.05, 0) is 76.2 Å². The third kappa shape index (κ3) is 3.82. The SMILES string of the molecule is CC1(C)c2ccccc2-c2cc(N(c3ccc4c5ccccc5n(-c5ccccc5)c4c3)c3cccc4ccccc34)ccc21. The van der Waals surface area contributed by atoms with E-state index in [1.807, 2.05) is 0 Å². The van der Waals surface area contributed by atoms with E-state index in [0.717, 1.165) is 17.1 Å². The fraction of sp³-hybridized carbons (Fsp3) is 0.0698. The normalized spacial score (nSPS) is 13.3. The molecule has 1 aliphatic rings. The number of hydrogen-bond acceptors (Lipinski definition) is 1. The van der Waals surface area contributed by atoms with Gasteiger partial charge in [-0.1, -0.05) is 123 Å². The van der Waals surface area contributed by atoms with Crippen LogP contribution in [0.25, 0.3) is 49.4 Å². The molecule has 8 aromatic rings. The van der Waals surface area contributed by atoms with Gasteiger partial charge in [0.05, 0.1) is 16.7 Å². The maximum atomic E-state index is 2.45. The summed E-state index contributed by atoms with van der Waals surface area (Å²) in [6.07, 6.45) is 0. The van der Waals surface area contributed by atoms with Gasteiger partial charge in [0.2, 0.25) is 0 Å². The second kappa shape index (κ2) is 9.70. The Morgan fingerprint density at radius 3 is 2.00 bits per heavy atom. The quantitative estimate of drug-likeness (QED) is 0.202. The molecule has 0 unspecified atom stereocenters. The molecule has 2 nitrogen and oxygen atoms in total. The largest absolute Gasteiger partial charge is 0.310 e. The van der Waals surface area contributed by atoms with E-state index in [9.17, 15) is 0 Å². The summed E-state index contributed by atoms with van der Waals surface area (Å²) in [5, 5.41) is 4.97. The van der Waals surface area contributed by atoms with E-state index in [1.165, 1.54) is 60.5 Å². The number of benzene rings is 7. The van der Waals surface area contributed by atoms with Crippen LogP contribution < -0.4 is 4.90 Å². The van der Waals surface area contributed by atoms with Crippen molar-refractivity contribution in [3.05, 3.63) is 169 Å². The van der Waals surface area contributed by atoms with Gasteiger partial charge in [-0.3, -0.25) is 0 Å². The molecule has 0 radical (unpaired) electrons. The summed E-state index contributed by atoms with van der Waals surface area (Å²) in [7, 11) is 0. The van der Waals surface area contributed by atoms with Crippen molar-refractivity contribution in [3.63, 3.8) is 0 Å². The molecule has 9 rings (SSSR count). The van der Waals surface area contributed by atoms with Crippen LogP contribution in [-0.4, -0.2) is 4.57 Å². The summed E-state index contributed by atoms with van der Waals surface area (Å²) < 4.78 is 2.40. The molecule has 0 N–H and O–H groups in total. The Bertz CT molecular complexity index is 2410. The van der Waals surface area contributed by atoms with Crippen LogP contribution in [-0.2, 0) is 5.41 Å². The van der Waals surface area contributed by atoms with Crippen molar-refractivity contribution >= 4 is 49.6 Å². The average molecular weight is 577 g/mol. The van der Waals surface area contributed by atoms with E-state index in [1.54, 1.807) is 0 Å². The van der Waals surface area contributed by atoms with E-state index in [0.29, 0.717) is 0 Å². The molecule has 45 heavy (non-hydrogen) atoms. The van der Waals surface area contributed by atoms with E-state index in [4.69, 9.17) is 0 Å². The number of anilines is 3. The highest BCUT2D eigenvalue weighted by molar-refractivity contribution is 6.11. The monoisotopic (exact) mass is 576 g/mol. The standard InChI is InChI=1S/C43H32N2/c1-43(2)38-20-10-8-18-34(38)37-27-31(24-26-39(37)43)44(40-22-12-14-29-13-6-7-17-33(29)40)32-23-25-36-35-19-9-11-21-41(35)45(42(36)28-32)30-15-4-3-5-16-30/h3-28H,1-2H3. The van der Waals surface area contributed by atoms with E-state index in [-0.39, 0.29) is 5.41 Å². The lowest BCUT2D eigenvalue weighted by Crippen LogP contribution is -2.15. The first-order valence-corrected chi connectivity index (χ1v) is 15.7. The van der Waals surface area contributed by atoms with Crippen molar-refractivity contribution in [1.82, 2.24) is 4.57 Å². The zero-order valence-electron chi connectivity index (χ0n) is 25.4. The van der Waals surface area contributed by atoms with Gasteiger partial charge in [0, 0.05) is 38.6 Å². The van der Waals surface area contributed by atoms with Crippen molar-refractivity contribution in [2.24, 2.45) is 0 Å². The molecule has 0 saturated heterocycles. The molecular formula is C43H32N2. The fourth-order valence-electron chi connectivity index (χ4n) is 7.63. The van der Waals surface area contributed by atoms with Crippen LogP contribution in [0.1, 0.15) is 25.0 Å². The molecule has 0 saturated carbocycles. The first kappa shape index (κ1) is 25.9. The lowest BCUT2D eigenvalue weighted by molar-refractivity contribution is 0.660. The molecule has 1 aromatic heterocycles. The summed E-state index contributed by atoms with van der Waals surface area (Å²) in [6.45, 7) is 4.69. The summed E-state index contributed by atoms with van der Waals surface area (Å²) in [6, 6.07) is 57.7. The third-order valence-electron chi connectivity index (χ3n) is 9.76. The molecule has 2 heteroatoms. The molecule has 214 valence electrons. The van der Waals surface area contributed by atoms with E-state index in [2.05, 4.69) is 181 Å². The van der Waals surface area contributed by atoms with Gasteiger partial charge in [-0.15, -0.1) is 0 Å². The molecule has 0 bridgehead atoms. The van der Waals surface area contributed by atoms with E-state index < -0.39 is 0 Å². The number of hydrogen-bond donors (Lipinski definition) is 0. The number of nitrogens with zero attached hydrogens (tertiary/aromatic N) is 2. The molecule has 1 heterocycles. The van der Waals surface area contributed by atoms with Gasteiger partial charge in [0.15, 0.2) is 0 Å². The second-order valence-corrected chi connectivity index (χ2v) is 12.6. The Labute approximate surface area is 263 Å². The maximum Gasteiger partial charge on any atom is 0.0561 e.